The number of imidazole rings is 1. The number of nitrogens with one attached hydrogen (secondary N) is 1. The van der Waals surface area contributed by atoms with Crippen molar-refractivity contribution in [1.29, 1.82) is 0 Å². The summed E-state index contributed by atoms with van der Waals surface area (Å²) in [6.07, 6.45) is 3.70. The van der Waals surface area contributed by atoms with Gasteiger partial charge in [-0.3, -0.25) is 0 Å². The molecule has 23 heavy (non-hydrogen) atoms. The highest BCUT2D eigenvalue weighted by Gasteiger charge is 2.19. The standard InChI is InChI=1S/C15H14N8/c1-22-10-9-16-15(22)14(11-5-3-2-4-6-11)17-12-7-8-13-18-20-21-23(13)19-12/h2-10,14H,1H3,(H,17,19)/t14-/m1/s1. The Balaban J connectivity index is 1.74. The van der Waals surface area contributed by atoms with Crippen molar-refractivity contribution in [1.82, 2.24) is 34.8 Å². The van der Waals surface area contributed by atoms with Crippen LogP contribution in [0.3, 0.4) is 0 Å². The fraction of sp³-hybridized carbons (Fsp3) is 0.133. The lowest BCUT2D eigenvalue weighted by atomic mass is 10.1. The molecule has 1 aromatic carbocycles. The first-order chi connectivity index (χ1) is 11.3. The number of anilines is 1. The summed E-state index contributed by atoms with van der Waals surface area (Å²) in [4.78, 5) is 4.47. The van der Waals surface area contributed by atoms with E-state index in [1.807, 2.05) is 48.1 Å². The van der Waals surface area contributed by atoms with E-state index in [9.17, 15) is 0 Å². The summed E-state index contributed by atoms with van der Waals surface area (Å²) < 4.78 is 3.38. The second kappa shape index (κ2) is 5.48. The molecule has 0 unspecified atom stereocenters. The Morgan fingerprint density at radius 2 is 1.96 bits per heavy atom. The van der Waals surface area contributed by atoms with Gasteiger partial charge >= 0.3 is 0 Å². The summed E-state index contributed by atoms with van der Waals surface area (Å²) in [5.41, 5.74) is 1.70. The molecule has 8 nitrogen and oxygen atoms in total. The molecule has 0 radical (unpaired) electrons. The average molecular weight is 306 g/mol. The van der Waals surface area contributed by atoms with Crippen LogP contribution >= 0.6 is 0 Å². The molecular weight excluding hydrogens is 292 g/mol. The quantitative estimate of drug-likeness (QED) is 0.614. The molecule has 0 bridgehead atoms. The van der Waals surface area contributed by atoms with E-state index in [1.165, 1.54) is 4.63 Å². The molecular formula is C15H14N8. The van der Waals surface area contributed by atoms with Gasteiger partial charge in [0.1, 0.15) is 17.7 Å². The highest BCUT2D eigenvalue weighted by Crippen LogP contribution is 2.24. The van der Waals surface area contributed by atoms with Gasteiger partial charge in [-0.05, 0) is 28.1 Å². The molecule has 4 rings (SSSR count). The second-order valence-electron chi connectivity index (χ2n) is 5.13. The predicted octanol–water partition coefficient (Wildman–Crippen LogP) is 1.45. The average Bonchev–Trinajstić information content (AvgIpc) is 3.21. The number of tetrazole rings is 1. The molecule has 4 aromatic rings. The third-order valence-corrected chi connectivity index (χ3v) is 3.61. The SMILES string of the molecule is Cn1ccnc1[C@H](Nc1ccc2nnnn2n1)c1ccccc1. The number of hydrogen-bond acceptors (Lipinski definition) is 6. The van der Waals surface area contributed by atoms with Crippen molar-refractivity contribution in [2.45, 2.75) is 6.04 Å². The summed E-state index contributed by atoms with van der Waals surface area (Å²) >= 11 is 0. The van der Waals surface area contributed by atoms with Crippen LogP contribution in [0.5, 0.6) is 0 Å². The highest BCUT2D eigenvalue weighted by molar-refractivity contribution is 5.45. The number of fused-ring (bicyclic) bond motifs is 1. The van der Waals surface area contributed by atoms with Crippen molar-refractivity contribution >= 4 is 11.5 Å². The first-order valence-corrected chi connectivity index (χ1v) is 7.15. The second-order valence-corrected chi connectivity index (χ2v) is 5.13. The maximum Gasteiger partial charge on any atom is 0.200 e. The van der Waals surface area contributed by atoms with E-state index in [2.05, 4.69) is 43.1 Å². The van der Waals surface area contributed by atoms with Crippen molar-refractivity contribution in [2.24, 2.45) is 7.05 Å². The minimum Gasteiger partial charge on any atom is -0.355 e. The van der Waals surface area contributed by atoms with Gasteiger partial charge in [0.25, 0.3) is 0 Å². The summed E-state index contributed by atoms with van der Waals surface area (Å²) in [6, 6.07) is 13.7. The Morgan fingerprint density at radius 1 is 1.09 bits per heavy atom. The van der Waals surface area contributed by atoms with Gasteiger partial charge in [0.15, 0.2) is 5.65 Å². The predicted molar refractivity (Wildman–Crippen MR) is 83.7 cm³/mol. The zero-order valence-electron chi connectivity index (χ0n) is 12.4. The van der Waals surface area contributed by atoms with Gasteiger partial charge in [0.2, 0.25) is 0 Å². The first-order valence-electron chi connectivity index (χ1n) is 7.15. The van der Waals surface area contributed by atoms with Gasteiger partial charge in [0.05, 0.1) is 0 Å². The maximum atomic E-state index is 4.47. The van der Waals surface area contributed by atoms with Crippen LogP contribution in [0.2, 0.25) is 0 Å². The van der Waals surface area contributed by atoms with Crippen LogP contribution in [0.15, 0.2) is 54.9 Å². The molecule has 0 aliphatic rings. The molecule has 0 aliphatic carbocycles. The zero-order chi connectivity index (χ0) is 15.6. The molecule has 0 saturated carbocycles. The number of hydrogen-bond donors (Lipinski definition) is 1. The summed E-state index contributed by atoms with van der Waals surface area (Å²) in [6.45, 7) is 0. The van der Waals surface area contributed by atoms with E-state index in [4.69, 9.17) is 0 Å². The van der Waals surface area contributed by atoms with Crippen molar-refractivity contribution < 1.29 is 0 Å². The normalized spacial score (nSPS) is 12.4. The Kier molecular flexibility index (Phi) is 3.19. The number of aryl methyl sites for hydroxylation is 1. The summed E-state index contributed by atoms with van der Waals surface area (Å²) in [7, 11) is 1.97. The number of benzene rings is 1. The van der Waals surface area contributed by atoms with Gasteiger partial charge in [0, 0.05) is 19.4 Å². The molecule has 0 spiro atoms. The van der Waals surface area contributed by atoms with Gasteiger partial charge in [-0.15, -0.1) is 14.8 Å². The highest BCUT2D eigenvalue weighted by atomic mass is 15.6. The lowest BCUT2D eigenvalue weighted by Gasteiger charge is -2.19. The van der Waals surface area contributed by atoms with E-state index in [0.29, 0.717) is 11.5 Å². The van der Waals surface area contributed by atoms with Crippen LogP contribution in [-0.2, 0) is 7.05 Å². The van der Waals surface area contributed by atoms with Crippen LogP contribution < -0.4 is 5.32 Å². The molecule has 0 fully saturated rings. The van der Waals surface area contributed by atoms with Gasteiger partial charge in [-0.1, -0.05) is 30.3 Å². The zero-order valence-corrected chi connectivity index (χ0v) is 12.4. The fourth-order valence-corrected chi connectivity index (χ4v) is 2.47. The van der Waals surface area contributed by atoms with Gasteiger partial charge in [-0.2, -0.15) is 0 Å². The first kappa shape index (κ1) is 13.4. The topological polar surface area (TPSA) is 85.8 Å². The van der Waals surface area contributed by atoms with Gasteiger partial charge in [-0.25, -0.2) is 4.98 Å². The third-order valence-electron chi connectivity index (χ3n) is 3.61. The Labute approximate surface area is 131 Å². The van der Waals surface area contributed by atoms with E-state index in [0.717, 1.165) is 11.4 Å². The number of rotatable bonds is 4. The summed E-state index contributed by atoms with van der Waals surface area (Å²) in [5.74, 6) is 1.57. The summed E-state index contributed by atoms with van der Waals surface area (Å²) in [5, 5.41) is 19.1. The molecule has 1 atom stereocenters. The minimum absolute atomic E-state index is 0.127. The van der Waals surface area contributed by atoms with Crippen molar-refractivity contribution in [3.8, 4) is 0 Å². The van der Waals surface area contributed by atoms with Crippen LogP contribution in [0.25, 0.3) is 5.65 Å². The lowest BCUT2D eigenvalue weighted by molar-refractivity contribution is 0.715. The van der Waals surface area contributed by atoms with Crippen LogP contribution in [-0.4, -0.2) is 34.8 Å². The van der Waals surface area contributed by atoms with E-state index >= 15 is 0 Å². The third kappa shape index (κ3) is 2.50. The Bertz CT molecular complexity index is 927. The van der Waals surface area contributed by atoms with Gasteiger partial charge < -0.3 is 9.88 Å². The van der Waals surface area contributed by atoms with Crippen molar-refractivity contribution in [3.05, 3.63) is 66.2 Å². The largest absolute Gasteiger partial charge is 0.355 e. The van der Waals surface area contributed by atoms with Crippen molar-refractivity contribution in [2.75, 3.05) is 5.32 Å². The molecule has 3 heterocycles. The minimum atomic E-state index is -0.127. The molecule has 1 N–H and O–H groups in total. The van der Waals surface area contributed by atoms with E-state index in [1.54, 1.807) is 6.20 Å². The van der Waals surface area contributed by atoms with E-state index < -0.39 is 0 Å². The number of aromatic nitrogens is 7. The lowest BCUT2D eigenvalue weighted by Crippen LogP contribution is -2.18. The fourth-order valence-electron chi connectivity index (χ4n) is 2.47. The van der Waals surface area contributed by atoms with Crippen LogP contribution in [0.4, 0.5) is 5.82 Å². The van der Waals surface area contributed by atoms with Crippen LogP contribution in [0.1, 0.15) is 17.4 Å². The number of nitrogens with zero attached hydrogens (tertiary/aromatic N) is 7. The van der Waals surface area contributed by atoms with Crippen LogP contribution in [0, 0.1) is 0 Å². The molecule has 114 valence electrons. The molecule has 3 aromatic heterocycles. The van der Waals surface area contributed by atoms with E-state index in [-0.39, 0.29) is 6.04 Å². The van der Waals surface area contributed by atoms with Crippen molar-refractivity contribution in [3.63, 3.8) is 0 Å². The monoisotopic (exact) mass is 306 g/mol. The molecule has 0 aliphatic heterocycles. The molecule has 0 amide bonds. The Hall–Kier alpha value is -3.29. The molecule has 0 saturated heterocycles. The Morgan fingerprint density at radius 3 is 2.74 bits per heavy atom. The smallest absolute Gasteiger partial charge is 0.200 e. The molecule has 8 heteroatoms. The maximum absolute atomic E-state index is 4.47.